The van der Waals surface area contributed by atoms with Crippen LogP contribution in [0, 0.1) is 0 Å². The molecule has 0 aromatic heterocycles. The summed E-state index contributed by atoms with van der Waals surface area (Å²) in [5.74, 6) is -1.88. The molecule has 0 spiro atoms. The molecule has 0 saturated carbocycles. The summed E-state index contributed by atoms with van der Waals surface area (Å²) in [6, 6.07) is 7.60. The van der Waals surface area contributed by atoms with Crippen molar-refractivity contribution < 1.29 is 18.0 Å². The maximum absolute atomic E-state index is 12.0. The van der Waals surface area contributed by atoms with Gasteiger partial charge in [0.2, 0.25) is 0 Å². The Morgan fingerprint density at radius 2 is 1.72 bits per heavy atom. The van der Waals surface area contributed by atoms with Gasteiger partial charge in [0.1, 0.15) is 0 Å². The molecule has 1 N–H and O–H groups in total. The van der Waals surface area contributed by atoms with Crippen molar-refractivity contribution in [3.05, 3.63) is 35.4 Å². The maximum Gasteiger partial charge on any atom is 0.471 e. The molecular formula is C13H16F3NO. The number of aryl methyl sites for hydroxylation is 1. The smallest absolute Gasteiger partial charge is 0.348 e. The van der Waals surface area contributed by atoms with Crippen LogP contribution in [-0.4, -0.2) is 18.6 Å². The van der Waals surface area contributed by atoms with Crippen LogP contribution in [0.4, 0.5) is 13.2 Å². The minimum absolute atomic E-state index is 0.000922. The molecule has 18 heavy (non-hydrogen) atoms. The van der Waals surface area contributed by atoms with E-state index in [1.165, 1.54) is 0 Å². The number of hydrogen-bond donors (Lipinski definition) is 1. The van der Waals surface area contributed by atoms with Crippen molar-refractivity contribution >= 4 is 5.91 Å². The van der Waals surface area contributed by atoms with Gasteiger partial charge in [-0.1, -0.05) is 37.6 Å². The number of benzene rings is 1. The first kappa shape index (κ1) is 14.5. The zero-order valence-electron chi connectivity index (χ0n) is 10.2. The molecule has 1 amide bonds. The standard InChI is InChI=1S/C13H16F3NO/c1-2-5-10-6-3-4-7-11(10)8-9-17-12(18)13(14,15)16/h3-4,6-7H,2,5,8-9H2,1H3,(H,17,18). The van der Waals surface area contributed by atoms with Gasteiger partial charge in [-0.05, 0) is 24.0 Å². The van der Waals surface area contributed by atoms with Crippen molar-refractivity contribution in [1.29, 1.82) is 0 Å². The molecule has 1 aromatic carbocycles. The maximum atomic E-state index is 12.0. The molecule has 0 aliphatic carbocycles. The number of hydrogen-bond acceptors (Lipinski definition) is 1. The molecule has 0 fully saturated rings. The van der Waals surface area contributed by atoms with E-state index in [9.17, 15) is 18.0 Å². The lowest BCUT2D eigenvalue weighted by Gasteiger charge is -2.10. The van der Waals surface area contributed by atoms with Gasteiger partial charge in [0, 0.05) is 6.54 Å². The molecule has 5 heteroatoms. The average Bonchev–Trinajstić information content (AvgIpc) is 2.30. The molecule has 1 aromatic rings. The Labute approximate surface area is 104 Å². The quantitative estimate of drug-likeness (QED) is 0.865. The minimum atomic E-state index is -4.80. The van der Waals surface area contributed by atoms with Crippen molar-refractivity contribution in [2.45, 2.75) is 32.4 Å². The first-order chi connectivity index (χ1) is 8.45. The second-order valence-electron chi connectivity index (χ2n) is 4.02. The fourth-order valence-electron chi connectivity index (χ4n) is 1.73. The second kappa shape index (κ2) is 6.42. The van der Waals surface area contributed by atoms with Crippen LogP contribution in [0.15, 0.2) is 24.3 Å². The molecule has 0 aliphatic heterocycles. The number of nitrogens with one attached hydrogen (secondary N) is 1. The Bertz CT molecular complexity index is 401. The van der Waals surface area contributed by atoms with Crippen LogP contribution in [-0.2, 0) is 17.6 Å². The number of carbonyl (C=O) groups is 1. The minimum Gasteiger partial charge on any atom is -0.348 e. The third-order valence-corrected chi connectivity index (χ3v) is 2.58. The van der Waals surface area contributed by atoms with E-state index in [-0.39, 0.29) is 6.54 Å². The van der Waals surface area contributed by atoms with E-state index in [1.54, 1.807) is 0 Å². The van der Waals surface area contributed by atoms with Crippen molar-refractivity contribution in [2.75, 3.05) is 6.54 Å². The van der Waals surface area contributed by atoms with E-state index >= 15 is 0 Å². The summed E-state index contributed by atoms with van der Waals surface area (Å²) in [4.78, 5) is 10.6. The summed E-state index contributed by atoms with van der Waals surface area (Å²) in [5.41, 5.74) is 2.11. The Morgan fingerprint density at radius 1 is 1.17 bits per heavy atom. The highest BCUT2D eigenvalue weighted by atomic mass is 19.4. The summed E-state index contributed by atoms with van der Waals surface area (Å²) < 4.78 is 35.9. The first-order valence-electron chi connectivity index (χ1n) is 5.87. The molecule has 2 nitrogen and oxygen atoms in total. The molecule has 0 saturated heterocycles. The molecule has 100 valence electrons. The number of amides is 1. The molecule has 0 heterocycles. The van der Waals surface area contributed by atoms with Gasteiger partial charge in [-0.25, -0.2) is 0 Å². The summed E-state index contributed by atoms with van der Waals surface area (Å²) in [5, 5.41) is 1.88. The predicted molar refractivity (Wildman–Crippen MR) is 63.2 cm³/mol. The van der Waals surface area contributed by atoms with Crippen molar-refractivity contribution in [3.63, 3.8) is 0 Å². The molecule has 0 aliphatic rings. The first-order valence-corrected chi connectivity index (χ1v) is 5.87. The van der Waals surface area contributed by atoms with Gasteiger partial charge in [0.15, 0.2) is 0 Å². The molecule has 1 rings (SSSR count). The highest BCUT2D eigenvalue weighted by Crippen LogP contribution is 2.15. The summed E-state index contributed by atoms with van der Waals surface area (Å²) in [6.45, 7) is 2.04. The lowest BCUT2D eigenvalue weighted by Crippen LogP contribution is -2.37. The van der Waals surface area contributed by atoms with E-state index in [1.807, 2.05) is 36.5 Å². The Hall–Kier alpha value is -1.52. The summed E-state index contributed by atoms with van der Waals surface area (Å²) in [7, 11) is 0. The SMILES string of the molecule is CCCc1ccccc1CCNC(=O)C(F)(F)F. The fraction of sp³-hybridized carbons (Fsp3) is 0.462. The van der Waals surface area contributed by atoms with Crippen LogP contribution in [0.25, 0.3) is 0 Å². The lowest BCUT2D eigenvalue weighted by molar-refractivity contribution is -0.173. The van der Waals surface area contributed by atoms with Gasteiger partial charge < -0.3 is 5.32 Å². The molecule has 0 bridgehead atoms. The third-order valence-electron chi connectivity index (χ3n) is 2.58. The third kappa shape index (κ3) is 4.39. The normalized spacial score (nSPS) is 11.3. The van der Waals surface area contributed by atoms with Crippen LogP contribution in [0.3, 0.4) is 0 Å². The monoisotopic (exact) mass is 259 g/mol. The predicted octanol–water partition coefficient (Wildman–Crippen LogP) is 2.86. The topological polar surface area (TPSA) is 29.1 Å². The van der Waals surface area contributed by atoms with Crippen LogP contribution in [0.2, 0.25) is 0 Å². The molecule has 0 radical (unpaired) electrons. The summed E-state index contributed by atoms with van der Waals surface area (Å²) >= 11 is 0. The van der Waals surface area contributed by atoms with E-state index < -0.39 is 12.1 Å². The van der Waals surface area contributed by atoms with Gasteiger partial charge in [-0.3, -0.25) is 4.79 Å². The van der Waals surface area contributed by atoms with Gasteiger partial charge in [0.25, 0.3) is 0 Å². The molecule has 0 unspecified atom stereocenters. The number of halogens is 3. The van der Waals surface area contributed by atoms with Crippen LogP contribution < -0.4 is 5.32 Å². The van der Waals surface area contributed by atoms with Crippen molar-refractivity contribution in [3.8, 4) is 0 Å². The molecular weight excluding hydrogens is 243 g/mol. The van der Waals surface area contributed by atoms with Crippen LogP contribution >= 0.6 is 0 Å². The highest BCUT2D eigenvalue weighted by molar-refractivity contribution is 5.81. The zero-order chi connectivity index (χ0) is 13.6. The highest BCUT2D eigenvalue weighted by Gasteiger charge is 2.38. The van der Waals surface area contributed by atoms with Gasteiger partial charge in [0.05, 0.1) is 0 Å². The zero-order valence-corrected chi connectivity index (χ0v) is 10.2. The Balaban J connectivity index is 2.51. The summed E-state index contributed by atoms with van der Waals surface area (Å²) in [6.07, 6.45) is -2.52. The van der Waals surface area contributed by atoms with E-state index in [0.717, 1.165) is 24.0 Å². The Kier molecular flexibility index (Phi) is 5.19. The number of alkyl halides is 3. The Morgan fingerprint density at radius 3 is 2.22 bits per heavy atom. The average molecular weight is 259 g/mol. The number of rotatable bonds is 5. The van der Waals surface area contributed by atoms with Gasteiger partial charge in [-0.15, -0.1) is 0 Å². The van der Waals surface area contributed by atoms with E-state index in [2.05, 4.69) is 0 Å². The largest absolute Gasteiger partial charge is 0.471 e. The van der Waals surface area contributed by atoms with Gasteiger partial charge >= 0.3 is 12.1 Å². The van der Waals surface area contributed by atoms with Crippen molar-refractivity contribution in [2.24, 2.45) is 0 Å². The number of carbonyl (C=O) groups excluding carboxylic acids is 1. The van der Waals surface area contributed by atoms with Crippen LogP contribution in [0.1, 0.15) is 24.5 Å². The van der Waals surface area contributed by atoms with E-state index in [4.69, 9.17) is 0 Å². The van der Waals surface area contributed by atoms with Gasteiger partial charge in [-0.2, -0.15) is 13.2 Å². The lowest BCUT2D eigenvalue weighted by atomic mass is 10.0. The van der Waals surface area contributed by atoms with E-state index in [0.29, 0.717) is 6.42 Å². The van der Waals surface area contributed by atoms with Crippen LogP contribution in [0.5, 0.6) is 0 Å². The molecule has 0 atom stereocenters. The van der Waals surface area contributed by atoms with Crippen molar-refractivity contribution in [1.82, 2.24) is 5.32 Å². The fourth-order valence-corrected chi connectivity index (χ4v) is 1.73. The second-order valence-corrected chi connectivity index (χ2v) is 4.02.